The van der Waals surface area contributed by atoms with Crippen LogP contribution in [0.4, 0.5) is 0 Å². The van der Waals surface area contributed by atoms with Crippen molar-refractivity contribution < 1.29 is 14.7 Å². The molecule has 2 rings (SSSR count). The summed E-state index contributed by atoms with van der Waals surface area (Å²) in [5, 5.41) is 12.0. The third kappa shape index (κ3) is 3.28. The van der Waals surface area contributed by atoms with Crippen molar-refractivity contribution >= 4 is 22.8 Å². The summed E-state index contributed by atoms with van der Waals surface area (Å²) in [6.07, 6.45) is 0.420. The average molecular weight is 288 g/mol. The lowest BCUT2D eigenvalue weighted by Crippen LogP contribution is -2.33. The first-order chi connectivity index (χ1) is 10.0. The van der Waals surface area contributed by atoms with E-state index in [-0.39, 0.29) is 17.7 Å². The quantitative estimate of drug-likeness (QED) is 0.773. The number of carbonyl (C=O) groups excluding carboxylic acids is 1. The summed E-state index contributed by atoms with van der Waals surface area (Å²) in [6.45, 7) is 1.77. The molecule has 0 radical (unpaired) electrons. The Labute approximate surface area is 120 Å². The minimum absolute atomic E-state index is 0.0273. The largest absolute Gasteiger partial charge is 0.481 e. The van der Waals surface area contributed by atoms with Gasteiger partial charge in [0.1, 0.15) is 5.69 Å². The van der Waals surface area contributed by atoms with E-state index in [2.05, 4.69) is 10.3 Å². The fourth-order valence-corrected chi connectivity index (χ4v) is 2.04. The van der Waals surface area contributed by atoms with Crippen LogP contribution in [-0.4, -0.2) is 28.5 Å². The first-order valence-corrected chi connectivity index (χ1v) is 6.66. The number of amides is 1. The van der Waals surface area contributed by atoms with Gasteiger partial charge >= 0.3 is 5.97 Å². The van der Waals surface area contributed by atoms with E-state index in [1.54, 1.807) is 31.2 Å². The van der Waals surface area contributed by atoms with Crippen LogP contribution in [0.5, 0.6) is 0 Å². The van der Waals surface area contributed by atoms with Gasteiger partial charge in [0.05, 0.1) is 5.92 Å². The number of hydrogen-bond donors (Lipinski definition) is 3. The van der Waals surface area contributed by atoms with Crippen molar-refractivity contribution in [2.75, 3.05) is 6.54 Å². The zero-order valence-electron chi connectivity index (χ0n) is 11.6. The molecular formula is C15H16N2O4. The molecule has 1 unspecified atom stereocenters. The van der Waals surface area contributed by atoms with Crippen molar-refractivity contribution in [2.24, 2.45) is 5.92 Å². The van der Waals surface area contributed by atoms with E-state index in [1.807, 2.05) is 0 Å². The lowest BCUT2D eigenvalue weighted by Gasteiger charge is -2.11. The average Bonchev–Trinajstić information content (AvgIpc) is 2.47. The van der Waals surface area contributed by atoms with Crippen molar-refractivity contribution in [2.45, 2.75) is 13.3 Å². The van der Waals surface area contributed by atoms with Gasteiger partial charge in [0.25, 0.3) is 5.91 Å². The topological polar surface area (TPSA) is 99.3 Å². The molecule has 0 bridgehead atoms. The third-order valence-corrected chi connectivity index (χ3v) is 3.33. The molecule has 3 N–H and O–H groups in total. The van der Waals surface area contributed by atoms with Gasteiger partial charge in [-0.15, -0.1) is 0 Å². The number of aromatic nitrogens is 1. The summed E-state index contributed by atoms with van der Waals surface area (Å²) in [5.74, 6) is -2.08. The molecule has 0 spiro atoms. The fourth-order valence-electron chi connectivity index (χ4n) is 2.04. The van der Waals surface area contributed by atoms with Crippen molar-refractivity contribution in [1.82, 2.24) is 10.3 Å². The predicted molar refractivity (Wildman–Crippen MR) is 78.3 cm³/mol. The van der Waals surface area contributed by atoms with Crippen LogP contribution in [0.1, 0.15) is 23.8 Å². The Morgan fingerprint density at radius 3 is 2.71 bits per heavy atom. The number of carbonyl (C=O) groups is 2. The molecule has 0 aliphatic carbocycles. The number of rotatable bonds is 5. The molecule has 2 aromatic rings. The minimum atomic E-state index is -0.954. The fraction of sp³-hybridized carbons (Fsp3) is 0.267. The molecule has 1 aromatic carbocycles. The molecule has 1 heterocycles. The number of para-hydroxylation sites is 1. The number of carboxylic acid groups (broad SMARTS) is 1. The second-order valence-corrected chi connectivity index (χ2v) is 4.75. The lowest BCUT2D eigenvalue weighted by molar-refractivity contribution is -0.141. The maximum Gasteiger partial charge on any atom is 0.308 e. The number of aliphatic carboxylic acids is 1. The highest BCUT2D eigenvalue weighted by Crippen LogP contribution is 2.07. The van der Waals surface area contributed by atoms with Crippen molar-refractivity contribution in [3.8, 4) is 0 Å². The van der Waals surface area contributed by atoms with E-state index >= 15 is 0 Å². The molecule has 0 saturated carbocycles. The monoisotopic (exact) mass is 288 g/mol. The van der Waals surface area contributed by atoms with Gasteiger partial charge in [-0.05, 0) is 18.6 Å². The van der Waals surface area contributed by atoms with E-state index in [0.717, 1.165) is 0 Å². The molecule has 6 nitrogen and oxygen atoms in total. The first-order valence-electron chi connectivity index (χ1n) is 6.66. The van der Waals surface area contributed by atoms with Gasteiger partial charge in [-0.25, -0.2) is 0 Å². The highest BCUT2D eigenvalue weighted by molar-refractivity contribution is 5.95. The molecule has 0 aliphatic rings. The Kier molecular flexibility index (Phi) is 4.37. The van der Waals surface area contributed by atoms with E-state index < -0.39 is 17.8 Å². The predicted octanol–water partition coefficient (Wildman–Crippen LogP) is 1.37. The molecule has 1 amide bonds. The molecule has 0 fully saturated rings. The normalized spacial score (nSPS) is 12.0. The minimum Gasteiger partial charge on any atom is -0.481 e. The third-order valence-electron chi connectivity index (χ3n) is 3.33. The smallest absolute Gasteiger partial charge is 0.308 e. The summed E-state index contributed by atoms with van der Waals surface area (Å²) in [7, 11) is 0. The summed E-state index contributed by atoms with van der Waals surface area (Å²) >= 11 is 0. The molecule has 6 heteroatoms. The van der Waals surface area contributed by atoms with E-state index in [1.165, 1.54) is 6.07 Å². The first kappa shape index (κ1) is 14.8. The lowest BCUT2D eigenvalue weighted by atomic mass is 10.1. The number of hydrogen-bond acceptors (Lipinski definition) is 3. The maximum absolute atomic E-state index is 12.0. The van der Waals surface area contributed by atoms with Gasteiger partial charge in [0.2, 0.25) is 0 Å². The summed E-state index contributed by atoms with van der Waals surface area (Å²) in [6, 6.07) is 8.11. The van der Waals surface area contributed by atoms with Crippen LogP contribution < -0.4 is 10.7 Å². The highest BCUT2D eigenvalue weighted by atomic mass is 16.4. The van der Waals surface area contributed by atoms with Crippen LogP contribution in [0.2, 0.25) is 0 Å². The second kappa shape index (κ2) is 6.21. The SMILES string of the molecule is CCC(CNC(=O)c1cc(=O)c2ccccc2[nH]1)C(=O)O. The molecule has 21 heavy (non-hydrogen) atoms. The van der Waals surface area contributed by atoms with Gasteiger partial charge in [-0.2, -0.15) is 0 Å². The van der Waals surface area contributed by atoms with Crippen LogP contribution in [0, 0.1) is 5.92 Å². The van der Waals surface area contributed by atoms with Crippen molar-refractivity contribution in [3.05, 3.63) is 46.2 Å². The van der Waals surface area contributed by atoms with E-state index in [0.29, 0.717) is 17.3 Å². The summed E-state index contributed by atoms with van der Waals surface area (Å²) < 4.78 is 0. The van der Waals surface area contributed by atoms with Crippen LogP contribution in [-0.2, 0) is 4.79 Å². The van der Waals surface area contributed by atoms with Crippen LogP contribution in [0.15, 0.2) is 35.1 Å². The Bertz CT molecular complexity index is 736. The number of pyridine rings is 1. The molecule has 1 aromatic heterocycles. The molecular weight excluding hydrogens is 272 g/mol. The summed E-state index contributed by atoms with van der Waals surface area (Å²) in [4.78, 5) is 37.7. The van der Waals surface area contributed by atoms with E-state index in [4.69, 9.17) is 5.11 Å². The van der Waals surface area contributed by atoms with Gasteiger partial charge in [0.15, 0.2) is 5.43 Å². The molecule has 0 aliphatic heterocycles. The Hall–Kier alpha value is -2.63. The maximum atomic E-state index is 12.0. The molecule has 1 atom stereocenters. The van der Waals surface area contributed by atoms with E-state index in [9.17, 15) is 14.4 Å². The number of carboxylic acids is 1. The summed E-state index contributed by atoms with van der Waals surface area (Å²) in [5.41, 5.74) is 0.444. The number of benzene rings is 1. The van der Waals surface area contributed by atoms with Crippen molar-refractivity contribution in [3.63, 3.8) is 0 Å². The number of nitrogens with one attached hydrogen (secondary N) is 2. The zero-order chi connectivity index (χ0) is 15.4. The number of H-pyrrole nitrogens is 1. The van der Waals surface area contributed by atoms with Gasteiger partial charge in [-0.3, -0.25) is 14.4 Å². The van der Waals surface area contributed by atoms with Crippen LogP contribution >= 0.6 is 0 Å². The van der Waals surface area contributed by atoms with Gasteiger partial charge in [0, 0.05) is 23.5 Å². The Morgan fingerprint density at radius 2 is 2.05 bits per heavy atom. The zero-order valence-corrected chi connectivity index (χ0v) is 11.6. The second-order valence-electron chi connectivity index (χ2n) is 4.75. The number of fused-ring (bicyclic) bond motifs is 1. The highest BCUT2D eigenvalue weighted by Gasteiger charge is 2.17. The molecule has 110 valence electrons. The Balaban J connectivity index is 2.20. The van der Waals surface area contributed by atoms with Crippen LogP contribution in [0.25, 0.3) is 10.9 Å². The Morgan fingerprint density at radius 1 is 1.33 bits per heavy atom. The van der Waals surface area contributed by atoms with Crippen molar-refractivity contribution in [1.29, 1.82) is 0 Å². The molecule has 0 saturated heterocycles. The number of aromatic amines is 1. The van der Waals surface area contributed by atoms with Gasteiger partial charge in [-0.1, -0.05) is 19.1 Å². The van der Waals surface area contributed by atoms with Crippen LogP contribution in [0.3, 0.4) is 0 Å². The standard InChI is InChI=1S/C15H16N2O4/c1-2-9(15(20)21)8-16-14(19)12-7-13(18)10-5-3-4-6-11(10)17-12/h3-7,9H,2,8H2,1H3,(H,16,19)(H,17,18)(H,20,21). The van der Waals surface area contributed by atoms with Gasteiger partial charge < -0.3 is 15.4 Å².